The van der Waals surface area contributed by atoms with Crippen molar-refractivity contribution in [2.45, 2.75) is 26.8 Å². The molecule has 0 saturated heterocycles. The van der Waals surface area contributed by atoms with Gasteiger partial charge in [0.25, 0.3) is 0 Å². The van der Waals surface area contributed by atoms with Gasteiger partial charge in [-0.25, -0.2) is 0 Å². The van der Waals surface area contributed by atoms with Crippen LogP contribution in [-0.2, 0) is 0 Å². The number of hydrogen-bond acceptors (Lipinski definition) is 1. The lowest BCUT2D eigenvalue weighted by molar-refractivity contribution is 0.873. The van der Waals surface area contributed by atoms with Gasteiger partial charge in [0.05, 0.1) is 15.7 Å². The monoisotopic (exact) mass is 371 g/mol. The second-order valence-electron chi connectivity index (χ2n) is 4.97. The Kier molecular flexibility index (Phi) is 5.00. The molecule has 0 spiro atoms. The first kappa shape index (κ1) is 15.7. The first-order valence-corrected chi connectivity index (χ1v) is 7.91. The molecule has 1 unspecified atom stereocenters. The summed E-state index contributed by atoms with van der Waals surface area (Å²) >= 11 is 15.9. The second-order valence-corrected chi connectivity index (χ2v) is 6.70. The normalized spacial score (nSPS) is 12.3. The van der Waals surface area contributed by atoms with Crippen LogP contribution < -0.4 is 5.32 Å². The fourth-order valence-corrected chi connectivity index (χ4v) is 3.60. The average molecular weight is 373 g/mol. The maximum atomic E-state index is 6.25. The van der Waals surface area contributed by atoms with E-state index in [1.54, 1.807) is 0 Å². The lowest BCUT2D eigenvalue weighted by atomic mass is 10.00. The van der Waals surface area contributed by atoms with Crippen molar-refractivity contribution in [2.24, 2.45) is 0 Å². The number of aryl methyl sites for hydroxylation is 2. The molecule has 0 aliphatic heterocycles. The van der Waals surface area contributed by atoms with E-state index in [1.807, 2.05) is 12.1 Å². The topological polar surface area (TPSA) is 12.0 Å². The number of anilines is 1. The fourth-order valence-electron chi connectivity index (χ4n) is 2.29. The van der Waals surface area contributed by atoms with E-state index < -0.39 is 0 Å². The minimum Gasteiger partial charge on any atom is -0.376 e. The Bertz CT molecular complexity index is 617. The van der Waals surface area contributed by atoms with Gasteiger partial charge in [0.1, 0.15) is 0 Å². The lowest BCUT2D eigenvalue weighted by Crippen LogP contribution is -2.09. The first-order valence-electron chi connectivity index (χ1n) is 6.36. The number of benzene rings is 2. The molecule has 1 N–H and O–H groups in total. The van der Waals surface area contributed by atoms with Crippen molar-refractivity contribution in [3.05, 3.63) is 61.5 Å². The van der Waals surface area contributed by atoms with Crippen molar-refractivity contribution in [1.82, 2.24) is 0 Å². The van der Waals surface area contributed by atoms with Gasteiger partial charge >= 0.3 is 0 Å². The molecule has 0 amide bonds. The van der Waals surface area contributed by atoms with Crippen LogP contribution in [0.2, 0.25) is 10.0 Å². The number of nitrogens with one attached hydrogen (secondary N) is 1. The molecule has 0 saturated carbocycles. The van der Waals surface area contributed by atoms with Gasteiger partial charge in [-0.2, -0.15) is 0 Å². The van der Waals surface area contributed by atoms with Crippen LogP contribution in [0.3, 0.4) is 0 Å². The molecule has 2 aromatic carbocycles. The zero-order chi connectivity index (χ0) is 14.9. The predicted octanol–water partition coefficient (Wildman–Crippen LogP) is 6.55. The summed E-state index contributed by atoms with van der Waals surface area (Å²) < 4.78 is 0.872. The summed E-state index contributed by atoms with van der Waals surface area (Å²) in [5.41, 5.74) is 4.53. The van der Waals surface area contributed by atoms with Gasteiger partial charge in [0.15, 0.2) is 0 Å². The maximum Gasteiger partial charge on any atom is 0.0724 e. The summed E-state index contributed by atoms with van der Waals surface area (Å²) in [5, 5.41) is 4.62. The van der Waals surface area contributed by atoms with Crippen molar-refractivity contribution in [3.8, 4) is 0 Å². The lowest BCUT2D eigenvalue weighted by Gasteiger charge is -2.20. The Morgan fingerprint density at radius 2 is 1.65 bits per heavy atom. The van der Waals surface area contributed by atoms with E-state index in [4.69, 9.17) is 23.2 Å². The van der Waals surface area contributed by atoms with E-state index in [-0.39, 0.29) is 6.04 Å². The molecule has 0 bridgehead atoms. The number of rotatable bonds is 3. The van der Waals surface area contributed by atoms with Crippen molar-refractivity contribution < 1.29 is 0 Å². The second kappa shape index (κ2) is 6.38. The summed E-state index contributed by atoms with van der Waals surface area (Å²) in [6.45, 7) is 6.31. The highest BCUT2D eigenvalue weighted by atomic mass is 79.9. The molecule has 20 heavy (non-hydrogen) atoms. The Hall–Kier alpha value is -0.700. The van der Waals surface area contributed by atoms with Gasteiger partial charge in [-0.3, -0.25) is 0 Å². The quantitative estimate of drug-likeness (QED) is 0.644. The largest absolute Gasteiger partial charge is 0.376 e. The molecule has 0 fully saturated rings. The highest BCUT2D eigenvalue weighted by Gasteiger charge is 2.13. The zero-order valence-corrected chi connectivity index (χ0v) is 14.7. The first-order chi connectivity index (χ1) is 9.38. The number of halogens is 3. The van der Waals surface area contributed by atoms with Gasteiger partial charge in [-0.05, 0) is 44.0 Å². The molecule has 4 heteroatoms. The molecule has 0 radical (unpaired) electrons. The maximum absolute atomic E-state index is 6.25. The zero-order valence-electron chi connectivity index (χ0n) is 11.6. The van der Waals surface area contributed by atoms with E-state index in [1.165, 1.54) is 16.7 Å². The third-order valence-corrected chi connectivity index (χ3v) is 4.31. The van der Waals surface area contributed by atoms with Gasteiger partial charge in [-0.1, -0.05) is 62.9 Å². The summed E-state index contributed by atoms with van der Waals surface area (Å²) in [6.07, 6.45) is 0. The number of hydrogen-bond donors (Lipinski definition) is 1. The van der Waals surface area contributed by atoms with Crippen LogP contribution in [0.4, 0.5) is 5.69 Å². The highest BCUT2D eigenvalue weighted by molar-refractivity contribution is 9.10. The minimum atomic E-state index is 0.131. The van der Waals surface area contributed by atoms with Crippen LogP contribution in [-0.4, -0.2) is 0 Å². The van der Waals surface area contributed by atoms with Crippen LogP contribution in [0.25, 0.3) is 0 Å². The van der Waals surface area contributed by atoms with Crippen LogP contribution in [0.5, 0.6) is 0 Å². The van der Waals surface area contributed by atoms with Gasteiger partial charge in [-0.15, -0.1) is 0 Å². The van der Waals surface area contributed by atoms with Gasteiger partial charge in [0, 0.05) is 10.5 Å². The molecule has 106 valence electrons. The molecular formula is C16H16BrCl2N. The summed E-state index contributed by atoms with van der Waals surface area (Å²) in [4.78, 5) is 0. The van der Waals surface area contributed by atoms with E-state index >= 15 is 0 Å². The van der Waals surface area contributed by atoms with Crippen LogP contribution in [0.1, 0.15) is 29.7 Å². The summed E-state index contributed by atoms with van der Waals surface area (Å²) in [7, 11) is 0. The van der Waals surface area contributed by atoms with Crippen LogP contribution in [0, 0.1) is 13.8 Å². The summed E-state index contributed by atoms with van der Waals surface area (Å²) in [5.74, 6) is 0. The molecular weight excluding hydrogens is 357 g/mol. The Labute approximate surface area is 138 Å². The Balaban J connectivity index is 2.30. The van der Waals surface area contributed by atoms with Crippen LogP contribution in [0.15, 0.2) is 34.8 Å². The molecule has 0 aliphatic carbocycles. The Morgan fingerprint density at radius 3 is 2.20 bits per heavy atom. The molecule has 0 heterocycles. The van der Waals surface area contributed by atoms with Crippen molar-refractivity contribution in [3.63, 3.8) is 0 Å². The van der Waals surface area contributed by atoms with E-state index in [2.05, 4.69) is 60.2 Å². The molecule has 1 nitrogen and oxygen atoms in total. The van der Waals surface area contributed by atoms with Crippen molar-refractivity contribution >= 4 is 44.8 Å². The smallest absolute Gasteiger partial charge is 0.0724 e. The molecule has 0 aliphatic rings. The SMILES string of the molecule is Cc1ccc(C(C)Nc2c(Cl)cc(Br)cc2Cl)c(C)c1. The highest BCUT2D eigenvalue weighted by Crippen LogP contribution is 2.36. The van der Waals surface area contributed by atoms with Crippen LogP contribution >= 0.6 is 39.1 Å². The Morgan fingerprint density at radius 1 is 1.05 bits per heavy atom. The molecule has 1 atom stereocenters. The van der Waals surface area contributed by atoms with Gasteiger partial charge in [0.2, 0.25) is 0 Å². The standard InChI is InChI=1S/C16H16BrCl2N/c1-9-4-5-13(10(2)6-9)11(3)20-16-14(18)7-12(17)8-15(16)19/h4-8,11,20H,1-3H3. The third kappa shape index (κ3) is 3.49. The molecule has 2 rings (SSSR count). The molecule has 0 aromatic heterocycles. The average Bonchev–Trinajstić information content (AvgIpc) is 2.33. The van der Waals surface area contributed by atoms with E-state index in [9.17, 15) is 0 Å². The fraction of sp³-hybridized carbons (Fsp3) is 0.250. The van der Waals surface area contributed by atoms with E-state index in [0.717, 1.165) is 10.2 Å². The van der Waals surface area contributed by atoms with Gasteiger partial charge < -0.3 is 5.32 Å². The van der Waals surface area contributed by atoms with E-state index in [0.29, 0.717) is 10.0 Å². The van der Waals surface area contributed by atoms with Crippen molar-refractivity contribution in [2.75, 3.05) is 5.32 Å². The minimum absolute atomic E-state index is 0.131. The third-order valence-electron chi connectivity index (χ3n) is 3.26. The van der Waals surface area contributed by atoms with Crippen molar-refractivity contribution in [1.29, 1.82) is 0 Å². The summed E-state index contributed by atoms with van der Waals surface area (Å²) in [6, 6.07) is 10.2. The predicted molar refractivity (Wildman–Crippen MR) is 92.1 cm³/mol. The molecule has 2 aromatic rings.